The summed E-state index contributed by atoms with van der Waals surface area (Å²) in [6, 6.07) is 0.218. The summed E-state index contributed by atoms with van der Waals surface area (Å²) >= 11 is 0. The van der Waals surface area contributed by atoms with Gasteiger partial charge >= 0.3 is 12.4 Å². The first-order valence-corrected chi connectivity index (χ1v) is 4.43. The maximum absolute atomic E-state index is 12.2. The van der Waals surface area contributed by atoms with Gasteiger partial charge in [-0.15, -0.1) is 0 Å². The predicted octanol–water partition coefficient (Wildman–Crippen LogP) is 2.53. The van der Waals surface area contributed by atoms with E-state index in [1.807, 2.05) is 0 Å². The molecule has 0 aliphatic heterocycles. The largest absolute Gasteiger partial charge is 0.506 e. The minimum absolute atomic E-state index is 0.218. The number of hydrogen-bond donors (Lipinski definition) is 1. The van der Waals surface area contributed by atoms with Crippen molar-refractivity contribution in [1.82, 2.24) is 9.97 Å². The fourth-order valence-electron chi connectivity index (χ4n) is 0.932. The fourth-order valence-corrected chi connectivity index (χ4v) is 0.932. The van der Waals surface area contributed by atoms with Crippen molar-refractivity contribution in [2.45, 2.75) is 12.4 Å². The molecule has 0 saturated heterocycles. The molecule has 19 heavy (non-hydrogen) atoms. The number of halogens is 6. The number of allylic oxidation sites excluding steroid dienone is 1. The number of alkyl halides is 6. The van der Waals surface area contributed by atoms with E-state index in [1.165, 1.54) is 0 Å². The van der Waals surface area contributed by atoms with Gasteiger partial charge in [0.1, 0.15) is 23.5 Å². The highest BCUT2D eigenvalue weighted by Crippen LogP contribution is 2.28. The summed E-state index contributed by atoms with van der Waals surface area (Å²) in [7, 11) is 0. The molecule has 0 bridgehead atoms. The average Bonchev–Trinajstić information content (AvgIpc) is 2.26. The molecule has 0 fully saturated rings. The summed E-state index contributed by atoms with van der Waals surface area (Å²) in [5, 5.41) is 9.13. The summed E-state index contributed by atoms with van der Waals surface area (Å²) in [5.41, 5.74) is -2.31. The first-order valence-electron chi connectivity index (χ1n) is 4.43. The number of carbonyl (C=O) groups excluding carboxylic acids is 1. The van der Waals surface area contributed by atoms with Crippen LogP contribution in [0, 0.1) is 0 Å². The van der Waals surface area contributed by atoms with Crippen LogP contribution in [0.4, 0.5) is 26.3 Å². The maximum Gasteiger partial charge on any atom is 0.454 e. The molecule has 1 heterocycles. The Bertz CT molecular complexity index is 520. The molecule has 0 aliphatic carbocycles. The zero-order chi connectivity index (χ0) is 14.8. The van der Waals surface area contributed by atoms with E-state index in [0.29, 0.717) is 6.33 Å². The number of aliphatic hydroxyl groups excluding tert-OH is 1. The van der Waals surface area contributed by atoms with E-state index in [2.05, 4.69) is 9.97 Å². The van der Waals surface area contributed by atoms with Crippen LogP contribution in [0.25, 0.3) is 5.76 Å². The van der Waals surface area contributed by atoms with Gasteiger partial charge in [0.15, 0.2) is 0 Å². The maximum atomic E-state index is 12.2. The lowest BCUT2D eigenvalue weighted by Crippen LogP contribution is -2.20. The molecule has 1 aromatic heterocycles. The van der Waals surface area contributed by atoms with Gasteiger partial charge < -0.3 is 5.11 Å². The normalized spacial score (nSPS) is 13.5. The zero-order valence-electron chi connectivity index (χ0n) is 8.75. The second kappa shape index (κ2) is 4.86. The van der Waals surface area contributed by atoms with Gasteiger partial charge in [0, 0.05) is 6.08 Å². The fraction of sp³-hybridized carbons (Fsp3) is 0.222. The second-order valence-corrected chi connectivity index (χ2v) is 3.18. The van der Waals surface area contributed by atoms with Crippen molar-refractivity contribution in [2.24, 2.45) is 0 Å². The van der Waals surface area contributed by atoms with E-state index < -0.39 is 35.3 Å². The molecule has 1 aromatic rings. The van der Waals surface area contributed by atoms with Gasteiger partial charge in [-0.3, -0.25) is 4.79 Å². The number of hydrogen-bond acceptors (Lipinski definition) is 4. The summed E-state index contributed by atoms with van der Waals surface area (Å²) in [6.07, 6.45) is -9.96. The molecule has 0 unspecified atom stereocenters. The molecule has 0 aliphatic rings. The average molecular weight is 286 g/mol. The van der Waals surface area contributed by atoms with Crippen LogP contribution >= 0.6 is 0 Å². The lowest BCUT2D eigenvalue weighted by atomic mass is 10.2. The number of aromatic nitrogens is 2. The molecular weight excluding hydrogens is 282 g/mol. The quantitative estimate of drug-likeness (QED) is 0.515. The summed E-state index contributed by atoms with van der Waals surface area (Å²) < 4.78 is 72.4. The highest BCUT2D eigenvalue weighted by atomic mass is 19.4. The monoisotopic (exact) mass is 286 g/mol. The second-order valence-electron chi connectivity index (χ2n) is 3.18. The summed E-state index contributed by atoms with van der Waals surface area (Å²) in [6.45, 7) is 0. The molecule has 0 saturated carbocycles. The van der Waals surface area contributed by atoms with Crippen molar-refractivity contribution in [3.05, 3.63) is 29.9 Å². The summed E-state index contributed by atoms with van der Waals surface area (Å²) in [5.74, 6) is -3.76. The Labute approximate surface area is 101 Å². The van der Waals surface area contributed by atoms with Gasteiger partial charge in [-0.1, -0.05) is 0 Å². The SMILES string of the molecule is O=C(C=C(O)c1cc(C(F)(F)F)ncn1)C(F)(F)F. The van der Waals surface area contributed by atoms with Crippen LogP contribution in [0.2, 0.25) is 0 Å². The van der Waals surface area contributed by atoms with Gasteiger partial charge in [-0.2, -0.15) is 26.3 Å². The molecule has 0 atom stereocenters. The Balaban J connectivity index is 3.11. The van der Waals surface area contributed by atoms with E-state index in [4.69, 9.17) is 5.11 Å². The molecule has 1 N–H and O–H groups in total. The molecule has 1 rings (SSSR count). The van der Waals surface area contributed by atoms with E-state index in [0.717, 1.165) is 0 Å². The van der Waals surface area contributed by atoms with Crippen LogP contribution in [-0.2, 0) is 11.0 Å². The molecule has 104 valence electrons. The van der Waals surface area contributed by atoms with Gasteiger partial charge in [-0.25, -0.2) is 9.97 Å². The van der Waals surface area contributed by atoms with Crippen molar-refractivity contribution in [3.63, 3.8) is 0 Å². The Morgan fingerprint density at radius 3 is 2.21 bits per heavy atom. The number of carbonyl (C=O) groups is 1. The van der Waals surface area contributed by atoms with E-state index >= 15 is 0 Å². The van der Waals surface area contributed by atoms with E-state index in [9.17, 15) is 31.1 Å². The van der Waals surface area contributed by atoms with E-state index in [-0.39, 0.29) is 12.1 Å². The Morgan fingerprint density at radius 2 is 1.74 bits per heavy atom. The van der Waals surface area contributed by atoms with Gasteiger partial charge in [0.05, 0.1) is 0 Å². The molecule has 4 nitrogen and oxygen atoms in total. The third-order valence-corrected chi connectivity index (χ3v) is 1.77. The van der Waals surface area contributed by atoms with Crippen LogP contribution in [0.5, 0.6) is 0 Å². The number of aliphatic hydroxyl groups is 1. The predicted molar refractivity (Wildman–Crippen MR) is 48.7 cm³/mol. The lowest BCUT2D eigenvalue weighted by Gasteiger charge is -2.06. The highest BCUT2D eigenvalue weighted by molar-refractivity contribution is 5.98. The van der Waals surface area contributed by atoms with Crippen molar-refractivity contribution < 1.29 is 36.2 Å². The minimum atomic E-state index is -5.24. The van der Waals surface area contributed by atoms with Crippen LogP contribution in [0.1, 0.15) is 11.4 Å². The minimum Gasteiger partial charge on any atom is -0.506 e. The molecule has 0 amide bonds. The first kappa shape index (κ1) is 14.9. The molecule has 0 spiro atoms. The number of rotatable bonds is 2. The van der Waals surface area contributed by atoms with Gasteiger partial charge in [-0.05, 0) is 6.07 Å². The number of nitrogens with zero attached hydrogens (tertiary/aromatic N) is 2. The van der Waals surface area contributed by atoms with Crippen LogP contribution < -0.4 is 0 Å². The van der Waals surface area contributed by atoms with Crippen molar-refractivity contribution in [2.75, 3.05) is 0 Å². The molecule has 10 heteroatoms. The third kappa shape index (κ3) is 3.93. The lowest BCUT2D eigenvalue weighted by molar-refractivity contribution is -0.165. The van der Waals surface area contributed by atoms with Gasteiger partial charge in [0.2, 0.25) is 0 Å². The number of ketones is 1. The topological polar surface area (TPSA) is 63.1 Å². The van der Waals surface area contributed by atoms with Crippen molar-refractivity contribution >= 4 is 11.5 Å². The Hall–Kier alpha value is -2.13. The van der Waals surface area contributed by atoms with Gasteiger partial charge in [0.25, 0.3) is 5.78 Å². The molecule has 0 radical (unpaired) electrons. The first-order chi connectivity index (χ1) is 8.51. The zero-order valence-corrected chi connectivity index (χ0v) is 8.75. The van der Waals surface area contributed by atoms with Crippen LogP contribution in [0.15, 0.2) is 18.5 Å². The smallest absolute Gasteiger partial charge is 0.454 e. The standard InChI is InChI=1S/C9H4F6N2O2/c10-8(11,12)6-1-4(16-3-17-6)5(18)2-7(19)9(13,14)15/h1-3,18H. The summed E-state index contributed by atoms with van der Waals surface area (Å²) in [4.78, 5) is 16.5. The molecular formula is C9H4F6N2O2. The Kier molecular flexibility index (Phi) is 3.82. The van der Waals surface area contributed by atoms with Crippen molar-refractivity contribution in [3.8, 4) is 0 Å². The van der Waals surface area contributed by atoms with Crippen molar-refractivity contribution in [1.29, 1.82) is 0 Å². The van der Waals surface area contributed by atoms with Crippen LogP contribution in [-0.4, -0.2) is 27.0 Å². The van der Waals surface area contributed by atoms with E-state index in [1.54, 1.807) is 0 Å². The molecule has 0 aromatic carbocycles. The highest BCUT2D eigenvalue weighted by Gasteiger charge is 2.37. The third-order valence-electron chi connectivity index (χ3n) is 1.77. The Morgan fingerprint density at radius 1 is 1.16 bits per heavy atom. The van der Waals surface area contributed by atoms with Crippen LogP contribution in [0.3, 0.4) is 0 Å².